The minimum atomic E-state index is -0.427. The molecule has 0 aromatic heterocycles. The lowest BCUT2D eigenvalue weighted by molar-refractivity contribution is 0.447. The van der Waals surface area contributed by atoms with Gasteiger partial charge in [-0.25, -0.2) is 4.99 Å². The van der Waals surface area contributed by atoms with Gasteiger partial charge in [0.25, 0.3) is 0 Å². The molecule has 0 saturated heterocycles. The topological polar surface area (TPSA) is 31.3 Å². The van der Waals surface area contributed by atoms with Gasteiger partial charge in [-0.15, -0.1) is 0 Å². The summed E-state index contributed by atoms with van der Waals surface area (Å²) in [5, 5.41) is 1.19. The molecule has 0 amide bonds. The summed E-state index contributed by atoms with van der Waals surface area (Å²) in [4.78, 5) is 11.6. The Kier molecular flexibility index (Phi) is 6.41. The molecule has 3 aromatic rings. The van der Waals surface area contributed by atoms with Gasteiger partial charge in [0.15, 0.2) is 0 Å². The maximum absolute atomic E-state index is 6.67. The van der Waals surface area contributed by atoms with E-state index in [9.17, 15) is 0 Å². The zero-order valence-corrected chi connectivity index (χ0v) is 23.2. The number of thioether (sulfide) groups is 1. The second kappa shape index (κ2) is 9.40. The Bertz CT molecular complexity index is 1270. The lowest BCUT2D eigenvalue weighted by atomic mass is 9.80. The molecular weight excluding hydrogens is 464 g/mol. The fourth-order valence-corrected chi connectivity index (χ4v) is 6.59. The third-order valence-electron chi connectivity index (χ3n) is 7.08. The SMILES string of the molecule is CCCCC1=Nc2cc(N(C)C)ccc2C2(S1)c1ccc(N(C)C)cc1Oc1cc(N(C)C)ccc12. The molecule has 0 atom stereocenters. The zero-order chi connectivity index (χ0) is 25.6. The van der Waals surface area contributed by atoms with Gasteiger partial charge < -0.3 is 19.4 Å². The van der Waals surface area contributed by atoms with E-state index in [0.29, 0.717) is 0 Å². The summed E-state index contributed by atoms with van der Waals surface area (Å²) < 4.78 is 6.24. The first-order chi connectivity index (χ1) is 17.2. The van der Waals surface area contributed by atoms with E-state index in [0.717, 1.165) is 53.5 Å². The first kappa shape index (κ1) is 24.6. The molecular formula is C30H36N4OS. The highest BCUT2D eigenvalue weighted by Crippen LogP contribution is 2.62. The van der Waals surface area contributed by atoms with E-state index in [4.69, 9.17) is 9.73 Å². The predicted molar refractivity (Wildman–Crippen MR) is 156 cm³/mol. The predicted octanol–water partition coefficient (Wildman–Crippen LogP) is 7.25. The number of hydrogen-bond donors (Lipinski definition) is 0. The van der Waals surface area contributed by atoms with E-state index in [1.54, 1.807) is 0 Å². The largest absolute Gasteiger partial charge is 0.456 e. The Hall–Kier alpha value is -3.12. The van der Waals surface area contributed by atoms with Crippen LogP contribution in [0.3, 0.4) is 0 Å². The first-order valence-corrected chi connectivity index (χ1v) is 13.5. The number of fused-ring (bicyclic) bond motifs is 6. The number of rotatable bonds is 6. The van der Waals surface area contributed by atoms with Gasteiger partial charge >= 0.3 is 0 Å². The van der Waals surface area contributed by atoms with Crippen molar-refractivity contribution in [3.05, 3.63) is 71.3 Å². The highest BCUT2D eigenvalue weighted by atomic mass is 32.2. The van der Waals surface area contributed by atoms with Crippen LogP contribution in [-0.2, 0) is 4.75 Å². The third kappa shape index (κ3) is 4.01. The first-order valence-electron chi connectivity index (χ1n) is 12.6. The summed E-state index contributed by atoms with van der Waals surface area (Å²) in [7, 11) is 12.5. The summed E-state index contributed by atoms with van der Waals surface area (Å²) in [5.41, 5.74) is 8.06. The fraction of sp³-hybridized carbons (Fsp3) is 0.367. The van der Waals surface area contributed by atoms with Gasteiger partial charge in [0.1, 0.15) is 16.2 Å². The average Bonchev–Trinajstić information content (AvgIpc) is 2.86. The summed E-state index contributed by atoms with van der Waals surface area (Å²) in [6.07, 6.45) is 3.25. The minimum absolute atomic E-state index is 0.427. The van der Waals surface area contributed by atoms with Crippen molar-refractivity contribution in [2.75, 3.05) is 57.0 Å². The Morgan fingerprint density at radius 2 is 1.22 bits per heavy atom. The maximum Gasteiger partial charge on any atom is 0.134 e. The second-order valence-electron chi connectivity index (χ2n) is 10.2. The third-order valence-corrected chi connectivity index (χ3v) is 8.58. The molecule has 36 heavy (non-hydrogen) atoms. The molecule has 3 aromatic carbocycles. The second-order valence-corrected chi connectivity index (χ2v) is 11.5. The Labute approximate surface area is 219 Å². The Morgan fingerprint density at radius 1 is 0.722 bits per heavy atom. The molecule has 2 aliphatic heterocycles. The molecule has 2 aliphatic rings. The summed E-state index contributed by atoms with van der Waals surface area (Å²) >= 11 is 1.89. The molecule has 5 nitrogen and oxygen atoms in total. The molecule has 0 aliphatic carbocycles. The van der Waals surface area contributed by atoms with Gasteiger partial charge in [0.2, 0.25) is 0 Å². The van der Waals surface area contributed by atoms with Crippen LogP contribution < -0.4 is 19.4 Å². The Balaban J connectivity index is 1.82. The van der Waals surface area contributed by atoms with Crippen LogP contribution in [0.1, 0.15) is 42.9 Å². The molecule has 0 radical (unpaired) electrons. The van der Waals surface area contributed by atoms with E-state index < -0.39 is 4.75 Å². The van der Waals surface area contributed by atoms with Crippen molar-refractivity contribution in [3.8, 4) is 11.5 Å². The van der Waals surface area contributed by atoms with Crippen molar-refractivity contribution in [1.29, 1.82) is 0 Å². The van der Waals surface area contributed by atoms with E-state index in [1.165, 1.54) is 21.7 Å². The number of hydrogen-bond acceptors (Lipinski definition) is 6. The zero-order valence-electron chi connectivity index (χ0n) is 22.4. The average molecular weight is 501 g/mol. The van der Waals surface area contributed by atoms with Gasteiger partial charge in [-0.3, -0.25) is 0 Å². The quantitative estimate of drug-likeness (QED) is 0.356. The molecule has 188 valence electrons. The van der Waals surface area contributed by atoms with Crippen LogP contribution in [0, 0.1) is 0 Å². The molecule has 1 spiro atoms. The van der Waals surface area contributed by atoms with Crippen molar-refractivity contribution in [2.24, 2.45) is 4.99 Å². The fourth-order valence-electron chi connectivity index (χ4n) is 5.00. The van der Waals surface area contributed by atoms with E-state index in [-0.39, 0.29) is 0 Å². The van der Waals surface area contributed by atoms with Crippen LogP contribution >= 0.6 is 11.8 Å². The smallest absolute Gasteiger partial charge is 0.134 e. The normalized spacial score (nSPS) is 14.8. The number of anilines is 3. The number of unbranched alkanes of at least 4 members (excludes halogenated alkanes) is 1. The van der Waals surface area contributed by atoms with Crippen molar-refractivity contribution >= 4 is 39.6 Å². The number of ether oxygens (including phenoxy) is 1. The standard InChI is InChI=1S/C30H36N4OS/c1-8-9-10-29-31-26-17-20(32(2)3)11-14-23(26)30(36-29)24-15-12-21(33(4)5)18-27(24)35-28-19-22(34(6)7)13-16-25(28)30/h11-19H,8-10H2,1-7H3. The van der Waals surface area contributed by atoms with Crippen LogP contribution in [0.15, 0.2) is 59.6 Å². The van der Waals surface area contributed by atoms with Crippen molar-refractivity contribution < 1.29 is 4.74 Å². The van der Waals surface area contributed by atoms with Crippen molar-refractivity contribution in [2.45, 2.75) is 30.9 Å². The lowest BCUT2D eigenvalue weighted by Gasteiger charge is -2.43. The summed E-state index contributed by atoms with van der Waals surface area (Å²) in [5.74, 6) is 1.83. The number of aliphatic imine (C=N–C) groups is 1. The molecule has 0 fully saturated rings. The summed E-state index contributed by atoms with van der Waals surface area (Å²) in [6.45, 7) is 2.24. The van der Waals surface area contributed by atoms with Gasteiger partial charge in [-0.05, 0) is 37.1 Å². The van der Waals surface area contributed by atoms with Crippen LogP contribution in [0.2, 0.25) is 0 Å². The summed E-state index contributed by atoms with van der Waals surface area (Å²) in [6, 6.07) is 20.0. The van der Waals surface area contributed by atoms with Crippen molar-refractivity contribution in [3.63, 3.8) is 0 Å². The molecule has 2 heterocycles. The van der Waals surface area contributed by atoms with Crippen LogP contribution in [0.25, 0.3) is 0 Å². The van der Waals surface area contributed by atoms with Gasteiger partial charge in [0, 0.05) is 88.2 Å². The highest BCUT2D eigenvalue weighted by molar-refractivity contribution is 8.15. The molecule has 5 rings (SSSR count). The molecule has 6 heteroatoms. The van der Waals surface area contributed by atoms with Gasteiger partial charge in [0.05, 0.1) is 10.7 Å². The highest BCUT2D eigenvalue weighted by Gasteiger charge is 2.48. The van der Waals surface area contributed by atoms with Crippen LogP contribution in [0.4, 0.5) is 22.7 Å². The molecule has 0 bridgehead atoms. The number of nitrogens with zero attached hydrogens (tertiary/aromatic N) is 4. The van der Waals surface area contributed by atoms with Gasteiger partial charge in [-0.1, -0.05) is 43.3 Å². The molecule has 0 saturated carbocycles. The van der Waals surface area contributed by atoms with Crippen molar-refractivity contribution in [1.82, 2.24) is 0 Å². The Morgan fingerprint density at radius 3 is 1.72 bits per heavy atom. The molecule has 0 N–H and O–H groups in total. The van der Waals surface area contributed by atoms with Crippen LogP contribution in [-0.4, -0.2) is 47.3 Å². The number of benzene rings is 3. The van der Waals surface area contributed by atoms with Crippen LogP contribution in [0.5, 0.6) is 11.5 Å². The lowest BCUT2D eigenvalue weighted by Crippen LogP contribution is -2.33. The van der Waals surface area contributed by atoms with E-state index in [1.807, 2.05) is 11.8 Å². The van der Waals surface area contributed by atoms with E-state index >= 15 is 0 Å². The van der Waals surface area contributed by atoms with Gasteiger partial charge in [-0.2, -0.15) is 0 Å². The van der Waals surface area contributed by atoms with E-state index in [2.05, 4.69) is 119 Å². The molecule has 0 unspecified atom stereocenters. The minimum Gasteiger partial charge on any atom is -0.456 e. The maximum atomic E-state index is 6.67. The monoisotopic (exact) mass is 500 g/mol.